The second-order valence-corrected chi connectivity index (χ2v) is 8.26. The Morgan fingerprint density at radius 3 is 2.50 bits per heavy atom. The van der Waals surface area contributed by atoms with E-state index in [4.69, 9.17) is 17.0 Å². The number of rotatable bonds is 6. The van der Waals surface area contributed by atoms with Gasteiger partial charge in [-0.1, -0.05) is 52.3 Å². The maximum absolute atomic E-state index is 12.8. The van der Waals surface area contributed by atoms with Crippen LogP contribution in [0.25, 0.3) is 0 Å². The van der Waals surface area contributed by atoms with Crippen molar-refractivity contribution in [2.75, 3.05) is 11.9 Å². The van der Waals surface area contributed by atoms with Gasteiger partial charge in [0.25, 0.3) is 5.91 Å². The Labute approximate surface area is 190 Å². The van der Waals surface area contributed by atoms with Crippen LogP contribution in [0.15, 0.2) is 71.2 Å². The standard InChI is InChI=1S/C24H23BrN2O2S/c1-16-8-10-20(14-17(16)2)26-24(30)27-23(28)21-15-19(25)9-11-22(21)29-13-12-18-6-4-3-5-7-18/h3-11,14-15H,12-13H2,1-2H3,(H2,26,27,28,30). The van der Waals surface area contributed by atoms with Crippen molar-refractivity contribution in [2.45, 2.75) is 20.3 Å². The van der Waals surface area contributed by atoms with Crippen LogP contribution in [0.4, 0.5) is 5.69 Å². The van der Waals surface area contributed by atoms with Gasteiger partial charge in [-0.3, -0.25) is 10.1 Å². The van der Waals surface area contributed by atoms with Gasteiger partial charge in [0.1, 0.15) is 5.75 Å². The average molecular weight is 483 g/mol. The lowest BCUT2D eigenvalue weighted by molar-refractivity contribution is 0.0973. The fraction of sp³-hybridized carbons (Fsp3) is 0.167. The highest BCUT2D eigenvalue weighted by Gasteiger charge is 2.15. The van der Waals surface area contributed by atoms with Gasteiger partial charge in [-0.15, -0.1) is 0 Å². The Bertz CT molecular complexity index is 1050. The molecule has 0 aromatic heterocycles. The molecule has 0 heterocycles. The molecule has 0 unspecified atom stereocenters. The average Bonchev–Trinajstić information content (AvgIpc) is 2.72. The van der Waals surface area contributed by atoms with E-state index in [0.29, 0.717) is 17.9 Å². The number of halogens is 1. The van der Waals surface area contributed by atoms with Crippen molar-refractivity contribution >= 4 is 44.9 Å². The Kier molecular flexibility index (Phi) is 7.60. The quantitative estimate of drug-likeness (QED) is 0.435. The van der Waals surface area contributed by atoms with Crippen LogP contribution < -0.4 is 15.4 Å². The van der Waals surface area contributed by atoms with Crippen LogP contribution in [-0.2, 0) is 6.42 Å². The maximum atomic E-state index is 12.8. The summed E-state index contributed by atoms with van der Waals surface area (Å²) in [4.78, 5) is 12.8. The summed E-state index contributed by atoms with van der Waals surface area (Å²) >= 11 is 8.74. The monoisotopic (exact) mass is 482 g/mol. The highest BCUT2D eigenvalue weighted by Crippen LogP contribution is 2.24. The van der Waals surface area contributed by atoms with E-state index in [1.54, 1.807) is 12.1 Å². The molecule has 154 valence electrons. The third kappa shape index (κ3) is 6.15. The molecule has 0 atom stereocenters. The molecule has 0 aliphatic rings. The van der Waals surface area contributed by atoms with Crippen LogP contribution in [-0.4, -0.2) is 17.6 Å². The molecule has 3 rings (SSSR count). The number of hydrogen-bond donors (Lipinski definition) is 2. The second-order valence-electron chi connectivity index (χ2n) is 6.93. The summed E-state index contributed by atoms with van der Waals surface area (Å²) in [5.41, 5.74) is 4.77. The number of ether oxygens (including phenoxy) is 1. The Morgan fingerprint density at radius 2 is 1.77 bits per heavy atom. The second kappa shape index (κ2) is 10.4. The number of anilines is 1. The van der Waals surface area contributed by atoms with E-state index in [0.717, 1.165) is 22.1 Å². The summed E-state index contributed by atoms with van der Waals surface area (Å²) in [6, 6.07) is 21.4. The van der Waals surface area contributed by atoms with E-state index in [2.05, 4.69) is 38.7 Å². The van der Waals surface area contributed by atoms with Gasteiger partial charge < -0.3 is 10.1 Å². The molecular formula is C24H23BrN2O2S. The number of benzene rings is 3. The minimum Gasteiger partial charge on any atom is -0.492 e. The molecule has 0 aliphatic heterocycles. The number of carbonyl (C=O) groups excluding carboxylic acids is 1. The fourth-order valence-electron chi connectivity index (χ4n) is 2.88. The topological polar surface area (TPSA) is 50.4 Å². The zero-order chi connectivity index (χ0) is 21.5. The summed E-state index contributed by atoms with van der Waals surface area (Å²) in [5.74, 6) is 0.188. The molecule has 0 bridgehead atoms. The molecule has 0 spiro atoms. The summed E-state index contributed by atoms with van der Waals surface area (Å²) in [6.07, 6.45) is 0.755. The summed E-state index contributed by atoms with van der Waals surface area (Å²) in [5, 5.41) is 6.03. The molecular weight excluding hydrogens is 460 g/mol. The van der Waals surface area contributed by atoms with Crippen LogP contribution in [0.5, 0.6) is 5.75 Å². The first-order valence-electron chi connectivity index (χ1n) is 9.58. The first-order valence-corrected chi connectivity index (χ1v) is 10.8. The van der Waals surface area contributed by atoms with Gasteiger partial charge in [0.05, 0.1) is 12.2 Å². The molecule has 0 saturated heterocycles. The molecule has 6 heteroatoms. The highest BCUT2D eigenvalue weighted by molar-refractivity contribution is 9.10. The SMILES string of the molecule is Cc1ccc(NC(=S)NC(=O)c2cc(Br)ccc2OCCc2ccccc2)cc1C. The minimum atomic E-state index is -0.327. The lowest BCUT2D eigenvalue weighted by Gasteiger charge is -2.14. The number of hydrogen-bond acceptors (Lipinski definition) is 3. The summed E-state index contributed by atoms with van der Waals surface area (Å²) in [7, 11) is 0. The lowest BCUT2D eigenvalue weighted by Crippen LogP contribution is -2.34. The normalized spacial score (nSPS) is 10.4. The first-order chi connectivity index (χ1) is 14.4. The van der Waals surface area contributed by atoms with Gasteiger partial charge in [0.15, 0.2) is 5.11 Å². The van der Waals surface area contributed by atoms with Gasteiger partial charge in [-0.05, 0) is 73.1 Å². The molecule has 0 fully saturated rings. The van der Waals surface area contributed by atoms with E-state index in [1.807, 2.05) is 56.3 Å². The smallest absolute Gasteiger partial charge is 0.261 e. The van der Waals surface area contributed by atoms with Crippen LogP contribution in [0.1, 0.15) is 27.0 Å². The molecule has 1 amide bonds. The number of amides is 1. The van der Waals surface area contributed by atoms with Crippen molar-refractivity contribution in [1.82, 2.24) is 5.32 Å². The predicted molar refractivity (Wildman–Crippen MR) is 129 cm³/mol. The van der Waals surface area contributed by atoms with E-state index in [9.17, 15) is 4.79 Å². The molecule has 0 radical (unpaired) electrons. The Morgan fingerprint density at radius 1 is 1.00 bits per heavy atom. The van der Waals surface area contributed by atoms with Crippen molar-refractivity contribution in [3.8, 4) is 5.75 Å². The van der Waals surface area contributed by atoms with Crippen molar-refractivity contribution in [3.63, 3.8) is 0 Å². The van der Waals surface area contributed by atoms with Crippen LogP contribution >= 0.6 is 28.1 Å². The highest BCUT2D eigenvalue weighted by atomic mass is 79.9. The van der Waals surface area contributed by atoms with Crippen LogP contribution in [0.2, 0.25) is 0 Å². The van der Waals surface area contributed by atoms with Crippen molar-refractivity contribution < 1.29 is 9.53 Å². The molecule has 30 heavy (non-hydrogen) atoms. The molecule has 4 nitrogen and oxygen atoms in total. The summed E-state index contributed by atoms with van der Waals surface area (Å²) < 4.78 is 6.69. The molecule has 3 aromatic rings. The third-order valence-corrected chi connectivity index (χ3v) is 5.37. The van der Waals surface area contributed by atoms with E-state index in [1.165, 1.54) is 11.1 Å². The van der Waals surface area contributed by atoms with Gasteiger partial charge in [-0.25, -0.2) is 0 Å². The molecule has 2 N–H and O–H groups in total. The summed E-state index contributed by atoms with van der Waals surface area (Å²) in [6.45, 7) is 4.55. The van der Waals surface area contributed by atoms with E-state index < -0.39 is 0 Å². The van der Waals surface area contributed by atoms with Gasteiger partial charge in [0.2, 0.25) is 0 Å². The number of aryl methyl sites for hydroxylation is 2. The van der Waals surface area contributed by atoms with Crippen molar-refractivity contribution in [3.05, 3.63) is 93.5 Å². The van der Waals surface area contributed by atoms with Gasteiger partial charge >= 0.3 is 0 Å². The Balaban J connectivity index is 1.64. The van der Waals surface area contributed by atoms with Crippen LogP contribution in [0.3, 0.4) is 0 Å². The van der Waals surface area contributed by atoms with E-state index >= 15 is 0 Å². The fourth-order valence-corrected chi connectivity index (χ4v) is 3.45. The molecule has 0 aliphatic carbocycles. The van der Waals surface area contributed by atoms with E-state index in [-0.39, 0.29) is 11.0 Å². The molecule has 0 saturated carbocycles. The third-order valence-electron chi connectivity index (χ3n) is 4.67. The zero-order valence-electron chi connectivity index (χ0n) is 16.9. The number of thiocarbonyl (C=S) groups is 1. The van der Waals surface area contributed by atoms with Crippen molar-refractivity contribution in [2.24, 2.45) is 0 Å². The minimum absolute atomic E-state index is 0.235. The maximum Gasteiger partial charge on any atom is 0.261 e. The van der Waals surface area contributed by atoms with Gasteiger partial charge in [-0.2, -0.15) is 0 Å². The predicted octanol–water partition coefficient (Wildman–Crippen LogP) is 5.81. The Hall–Kier alpha value is -2.70. The molecule has 3 aromatic carbocycles. The number of nitrogens with one attached hydrogen (secondary N) is 2. The lowest BCUT2D eigenvalue weighted by atomic mass is 10.1. The number of carbonyl (C=O) groups is 1. The largest absolute Gasteiger partial charge is 0.492 e. The van der Waals surface area contributed by atoms with Gasteiger partial charge in [0, 0.05) is 16.6 Å². The zero-order valence-corrected chi connectivity index (χ0v) is 19.3. The first kappa shape index (κ1) is 22.0. The van der Waals surface area contributed by atoms with Crippen molar-refractivity contribution in [1.29, 1.82) is 0 Å². The van der Waals surface area contributed by atoms with Crippen LogP contribution in [0, 0.1) is 13.8 Å².